The average Bonchev–Trinajstić information content (AvgIpc) is 2.47. The lowest BCUT2D eigenvalue weighted by atomic mass is 10.1. The summed E-state index contributed by atoms with van der Waals surface area (Å²) in [6, 6.07) is 5.38. The number of aromatic nitrogens is 2. The summed E-state index contributed by atoms with van der Waals surface area (Å²) in [5.41, 5.74) is 1.60. The maximum atomic E-state index is 10.5. The topological polar surface area (TPSA) is 66.0 Å². The first-order chi connectivity index (χ1) is 6.66. The molecule has 5 heteroatoms. The van der Waals surface area contributed by atoms with Crippen molar-refractivity contribution in [1.29, 1.82) is 0 Å². The number of rotatable bonds is 2. The molecule has 0 aliphatic heterocycles. The van der Waals surface area contributed by atoms with E-state index >= 15 is 0 Å². The Morgan fingerprint density at radius 2 is 2.36 bits per heavy atom. The molecule has 0 aliphatic rings. The van der Waals surface area contributed by atoms with Gasteiger partial charge in [0.2, 0.25) is 0 Å². The Kier molecular flexibility index (Phi) is 2.25. The van der Waals surface area contributed by atoms with Crippen LogP contribution in [0.4, 0.5) is 0 Å². The van der Waals surface area contributed by atoms with Crippen LogP contribution in [0.25, 0.3) is 10.9 Å². The molecule has 2 aromatic rings. The Hall–Kier alpha value is -1.36. The summed E-state index contributed by atoms with van der Waals surface area (Å²) in [6.07, 6.45) is 0.0353. The third kappa shape index (κ3) is 1.63. The number of aliphatic carboxylic acids is 1. The van der Waals surface area contributed by atoms with Crippen molar-refractivity contribution in [2.75, 3.05) is 0 Å². The molecular weight excluding hydrogens is 248 g/mol. The van der Waals surface area contributed by atoms with E-state index in [2.05, 4.69) is 26.1 Å². The van der Waals surface area contributed by atoms with Crippen molar-refractivity contribution in [1.82, 2.24) is 10.2 Å². The standard InChI is InChI=1S/C9H7BrN2O2/c10-9-6-3-5(4-8(13)14)1-2-7(6)11-12-9/h1-3H,4H2,(H,11,12)(H,13,14). The number of fused-ring (bicyclic) bond motifs is 1. The molecule has 0 bridgehead atoms. The third-order valence-corrected chi connectivity index (χ3v) is 2.53. The highest BCUT2D eigenvalue weighted by Crippen LogP contribution is 2.22. The molecule has 0 spiro atoms. The second kappa shape index (κ2) is 3.42. The first kappa shape index (κ1) is 9.21. The molecule has 72 valence electrons. The van der Waals surface area contributed by atoms with E-state index in [-0.39, 0.29) is 6.42 Å². The fourth-order valence-corrected chi connectivity index (χ4v) is 1.72. The summed E-state index contributed by atoms with van der Waals surface area (Å²) in [6.45, 7) is 0. The number of halogens is 1. The number of nitrogens with one attached hydrogen (secondary N) is 1. The van der Waals surface area contributed by atoms with Gasteiger partial charge in [0.1, 0.15) is 4.60 Å². The average molecular weight is 255 g/mol. The van der Waals surface area contributed by atoms with E-state index in [9.17, 15) is 4.79 Å². The second-order valence-corrected chi connectivity index (χ2v) is 3.75. The number of hydrogen-bond donors (Lipinski definition) is 2. The van der Waals surface area contributed by atoms with E-state index in [1.165, 1.54) is 0 Å². The molecule has 0 fully saturated rings. The molecule has 0 radical (unpaired) electrons. The Balaban J connectivity index is 2.49. The number of H-pyrrole nitrogens is 1. The molecule has 0 saturated heterocycles. The van der Waals surface area contributed by atoms with E-state index in [0.29, 0.717) is 0 Å². The van der Waals surface area contributed by atoms with Crippen LogP contribution in [-0.2, 0) is 11.2 Å². The maximum Gasteiger partial charge on any atom is 0.307 e. The minimum Gasteiger partial charge on any atom is -0.481 e. The van der Waals surface area contributed by atoms with Crippen LogP contribution in [0.5, 0.6) is 0 Å². The highest BCUT2D eigenvalue weighted by Gasteiger charge is 2.05. The smallest absolute Gasteiger partial charge is 0.307 e. The lowest BCUT2D eigenvalue weighted by Crippen LogP contribution is -1.99. The monoisotopic (exact) mass is 254 g/mol. The highest BCUT2D eigenvalue weighted by molar-refractivity contribution is 9.10. The zero-order valence-corrected chi connectivity index (χ0v) is 8.71. The Morgan fingerprint density at radius 3 is 3.07 bits per heavy atom. The molecule has 0 saturated carbocycles. The summed E-state index contributed by atoms with van der Waals surface area (Å²) in [7, 11) is 0. The molecule has 2 N–H and O–H groups in total. The number of hydrogen-bond acceptors (Lipinski definition) is 2. The Labute approximate surface area is 88.1 Å². The summed E-state index contributed by atoms with van der Waals surface area (Å²) in [4.78, 5) is 10.5. The van der Waals surface area contributed by atoms with Crippen LogP contribution in [0.2, 0.25) is 0 Å². The molecule has 0 atom stereocenters. The quantitative estimate of drug-likeness (QED) is 0.861. The third-order valence-electron chi connectivity index (χ3n) is 1.93. The van der Waals surface area contributed by atoms with Crippen molar-refractivity contribution in [3.05, 3.63) is 28.4 Å². The van der Waals surface area contributed by atoms with Crippen molar-refractivity contribution in [2.24, 2.45) is 0 Å². The van der Waals surface area contributed by atoms with Gasteiger partial charge in [-0.2, -0.15) is 5.10 Å². The van der Waals surface area contributed by atoms with Gasteiger partial charge in [0, 0.05) is 5.39 Å². The van der Waals surface area contributed by atoms with Gasteiger partial charge < -0.3 is 5.11 Å². The predicted molar refractivity (Wildman–Crippen MR) is 55.1 cm³/mol. The lowest BCUT2D eigenvalue weighted by Gasteiger charge is -1.96. The molecule has 1 heterocycles. The number of benzene rings is 1. The van der Waals surface area contributed by atoms with Crippen LogP contribution in [0.1, 0.15) is 5.56 Å². The van der Waals surface area contributed by atoms with E-state index in [1.54, 1.807) is 12.1 Å². The molecule has 0 aliphatic carbocycles. The van der Waals surface area contributed by atoms with Crippen molar-refractivity contribution in [3.63, 3.8) is 0 Å². The number of carboxylic acid groups (broad SMARTS) is 1. The molecule has 1 aromatic heterocycles. The SMILES string of the molecule is O=C(O)Cc1ccc2n[nH]c(Br)c2c1. The van der Waals surface area contributed by atoms with Gasteiger partial charge in [-0.1, -0.05) is 6.07 Å². The van der Waals surface area contributed by atoms with E-state index in [0.717, 1.165) is 21.1 Å². The van der Waals surface area contributed by atoms with Gasteiger partial charge in [0.25, 0.3) is 0 Å². The predicted octanol–water partition coefficient (Wildman–Crippen LogP) is 1.95. The molecule has 14 heavy (non-hydrogen) atoms. The molecule has 4 nitrogen and oxygen atoms in total. The van der Waals surface area contributed by atoms with Crippen LogP contribution in [0, 0.1) is 0 Å². The van der Waals surface area contributed by atoms with Gasteiger partial charge in [0.05, 0.1) is 11.9 Å². The summed E-state index contributed by atoms with van der Waals surface area (Å²) in [5.74, 6) is -0.830. The summed E-state index contributed by atoms with van der Waals surface area (Å²) < 4.78 is 0.778. The van der Waals surface area contributed by atoms with E-state index in [4.69, 9.17) is 5.11 Å². The summed E-state index contributed by atoms with van der Waals surface area (Å²) >= 11 is 3.30. The van der Waals surface area contributed by atoms with Gasteiger partial charge in [-0.15, -0.1) is 0 Å². The van der Waals surface area contributed by atoms with Gasteiger partial charge in [0.15, 0.2) is 0 Å². The molecule has 0 unspecified atom stereocenters. The fourth-order valence-electron chi connectivity index (χ4n) is 1.31. The number of nitrogens with zero attached hydrogens (tertiary/aromatic N) is 1. The van der Waals surface area contributed by atoms with Crippen LogP contribution in [0.3, 0.4) is 0 Å². The summed E-state index contributed by atoms with van der Waals surface area (Å²) in [5, 5.41) is 16.3. The van der Waals surface area contributed by atoms with Crippen molar-refractivity contribution < 1.29 is 9.90 Å². The zero-order valence-electron chi connectivity index (χ0n) is 7.12. The van der Waals surface area contributed by atoms with Gasteiger partial charge in [-0.05, 0) is 33.6 Å². The Morgan fingerprint density at radius 1 is 1.57 bits per heavy atom. The molecular formula is C9H7BrN2O2. The van der Waals surface area contributed by atoms with E-state index < -0.39 is 5.97 Å². The van der Waals surface area contributed by atoms with Gasteiger partial charge >= 0.3 is 5.97 Å². The van der Waals surface area contributed by atoms with E-state index in [1.807, 2.05) is 6.07 Å². The largest absolute Gasteiger partial charge is 0.481 e. The molecule has 2 rings (SSSR count). The second-order valence-electron chi connectivity index (χ2n) is 2.96. The van der Waals surface area contributed by atoms with Crippen LogP contribution in [0.15, 0.2) is 22.8 Å². The van der Waals surface area contributed by atoms with Gasteiger partial charge in [-0.3, -0.25) is 9.89 Å². The highest BCUT2D eigenvalue weighted by atomic mass is 79.9. The molecule has 0 amide bonds. The van der Waals surface area contributed by atoms with Crippen molar-refractivity contribution >= 4 is 32.8 Å². The number of carboxylic acids is 1. The minimum atomic E-state index is -0.830. The van der Waals surface area contributed by atoms with Crippen molar-refractivity contribution in [3.8, 4) is 0 Å². The van der Waals surface area contributed by atoms with Crippen LogP contribution >= 0.6 is 15.9 Å². The van der Waals surface area contributed by atoms with Crippen molar-refractivity contribution in [2.45, 2.75) is 6.42 Å². The van der Waals surface area contributed by atoms with Gasteiger partial charge in [-0.25, -0.2) is 0 Å². The first-order valence-corrected chi connectivity index (χ1v) is 4.80. The molecule has 1 aromatic carbocycles. The fraction of sp³-hybridized carbons (Fsp3) is 0.111. The lowest BCUT2D eigenvalue weighted by molar-refractivity contribution is -0.136. The first-order valence-electron chi connectivity index (χ1n) is 4.01. The minimum absolute atomic E-state index is 0.0353. The van der Waals surface area contributed by atoms with Crippen LogP contribution < -0.4 is 0 Å². The normalized spacial score (nSPS) is 10.6. The number of carbonyl (C=O) groups is 1. The Bertz CT molecular complexity index is 493. The zero-order chi connectivity index (χ0) is 10.1. The maximum absolute atomic E-state index is 10.5. The van der Waals surface area contributed by atoms with Crippen LogP contribution in [-0.4, -0.2) is 21.3 Å². The number of aromatic amines is 1.